The molecule has 1 heterocycles. The minimum atomic E-state index is -0.965. The van der Waals surface area contributed by atoms with Crippen molar-refractivity contribution in [3.63, 3.8) is 0 Å². The Morgan fingerprint density at radius 3 is 2.89 bits per heavy atom. The van der Waals surface area contributed by atoms with Crippen molar-refractivity contribution in [2.45, 2.75) is 26.0 Å². The molecule has 2 rings (SSSR count). The molecule has 0 radical (unpaired) electrons. The van der Waals surface area contributed by atoms with Crippen LogP contribution in [0.25, 0.3) is 0 Å². The van der Waals surface area contributed by atoms with E-state index in [4.69, 9.17) is 11.6 Å². The lowest BCUT2D eigenvalue weighted by molar-refractivity contribution is 0.173. The summed E-state index contributed by atoms with van der Waals surface area (Å²) in [5, 5.41) is 14.4. The highest BCUT2D eigenvalue weighted by Gasteiger charge is 2.17. The van der Waals surface area contributed by atoms with Crippen molar-refractivity contribution in [2.24, 2.45) is 0 Å². The number of aryl methyl sites for hydroxylation is 1. The molecule has 1 aromatic heterocycles. The highest BCUT2D eigenvalue weighted by Crippen LogP contribution is 2.28. The van der Waals surface area contributed by atoms with E-state index in [1.165, 1.54) is 12.1 Å². The second-order valence-electron chi connectivity index (χ2n) is 4.06. The summed E-state index contributed by atoms with van der Waals surface area (Å²) in [6.07, 6.45) is 2.83. The molecule has 1 N–H and O–H groups in total. The van der Waals surface area contributed by atoms with Crippen molar-refractivity contribution in [2.75, 3.05) is 0 Å². The van der Waals surface area contributed by atoms with E-state index in [0.29, 0.717) is 6.42 Å². The number of hydrogen-bond donors (Lipinski definition) is 1. The zero-order valence-corrected chi connectivity index (χ0v) is 10.7. The average Bonchev–Trinajstić information content (AvgIpc) is 2.76. The first-order valence-corrected chi connectivity index (χ1v) is 6.13. The fourth-order valence-electron chi connectivity index (χ4n) is 1.84. The maximum absolute atomic E-state index is 13.6. The summed E-state index contributed by atoms with van der Waals surface area (Å²) >= 11 is 5.90. The van der Waals surface area contributed by atoms with Gasteiger partial charge in [0.05, 0.1) is 12.3 Å². The van der Waals surface area contributed by atoms with E-state index in [-0.39, 0.29) is 10.6 Å². The summed E-state index contributed by atoms with van der Waals surface area (Å²) in [5.41, 5.74) is 0.993. The summed E-state index contributed by atoms with van der Waals surface area (Å²) in [7, 11) is 0. The van der Waals surface area contributed by atoms with Crippen LogP contribution in [0.2, 0.25) is 5.02 Å². The predicted octanol–water partition coefficient (Wildman–Crippen LogP) is 2.97. The van der Waals surface area contributed by atoms with Gasteiger partial charge in [-0.25, -0.2) is 4.39 Å². The molecule has 0 aliphatic heterocycles. The van der Waals surface area contributed by atoms with Crippen LogP contribution in [0.3, 0.4) is 0 Å². The number of rotatable bonds is 4. The Labute approximate surface area is 110 Å². The van der Waals surface area contributed by atoms with E-state index < -0.39 is 11.9 Å². The summed E-state index contributed by atoms with van der Waals surface area (Å²) in [5.74, 6) is -0.488. The fourth-order valence-corrected chi connectivity index (χ4v) is 2.13. The molecule has 1 atom stereocenters. The van der Waals surface area contributed by atoms with Crippen molar-refractivity contribution in [3.8, 4) is 0 Å². The van der Waals surface area contributed by atoms with Gasteiger partial charge in [0, 0.05) is 29.7 Å². The van der Waals surface area contributed by atoms with E-state index in [1.54, 1.807) is 16.9 Å². The topological polar surface area (TPSA) is 38.0 Å². The Kier molecular flexibility index (Phi) is 3.99. The molecule has 0 aliphatic carbocycles. The Morgan fingerprint density at radius 2 is 2.28 bits per heavy atom. The van der Waals surface area contributed by atoms with Crippen LogP contribution < -0.4 is 0 Å². The lowest BCUT2D eigenvalue weighted by atomic mass is 10.0. The minimum absolute atomic E-state index is 0.142. The first-order chi connectivity index (χ1) is 8.61. The molecule has 0 amide bonds. The largest absolute Gasteiger partial charge is 0.388 e. The van der Waals surface area contributed by atoms with Gasteiger partial charge in [-0.3, -0.25) is 4.68 Å². The molecule has 18 heavy (non-hydrogen) atoms. The maximum atomic E-state index is 13.6. The van der Waals surface area contributed by atoms with Gasteiger partial charge in [0.25, 0.3) is 0 Å². The number of hydrogen-bond acceptors (Lipinski definition) is 2. The number of aromatic nitrogens is 2. The Bertz CT molecular complexity index is 521. The van der Waals surface area contributed by atoms with Gasteiger partial charge in [-0.1, -0.05) is 17.7 Å². The van der Waals surface area contributed by atoms with E-state index in [0.717, 1.165) is 12.1 Å². The molecule has 96 valence electrons. The van der Waals surface area contributed by atoms with Crippen LogP contribution in [0.15, 0.2) is 30.6 Å². The summed E-state index contributed by atoms with van der Waals surface area (Å²) in [6.45, 7) is 2.73. The highest BCUT2D eigenvalue weighted by atomic mass is 35.5. The zero-order chi connectivity index (χ0) is 13.1. The first kappa shape index (κ1) is 13.1. The smallest absolute Gasteiger partial charge is 0.130 e. The van der Waals surface area contributed by atoms with Crippen molar-refractivity contribution >= 4 is 11.6 Å². The number of nitrogens with zero attached hydrogens (tertiary/aromatic N) is 2. The van der Waals surface area contributed by atoms with Crippen LogP contribution in [-0.2, 0) is 13.0 Å². The lowest BCUT2D eigenvalue weighted by Gasteiger charge is -2.12. The molecule has 0 saturated carbocycles. The molecule has 0 spiro atoms. The molecule has 0 aliphatic rings. The standard InChI is InChI=1S/C13H14ClFN2O/c1-2-17-8-9(7-16-17)6-12(18)13-10(14)4-3-5-11(13)15/h3-5,7-8,12,18H,2,6H2,1H3. The van der Waals surface area contributed by atoms with E-state index >= 15 is 0 Å². The molecule has 0 saturated heterocycles. The summed E-state index contributed by atoms with van der Waals surface area (Å²) in [4.78, 5) is 0. The molecular formula is C13H14ClFN2O. The molecule has 0 fully saturated rings. The molecular weight excluding hydrogens is 255 g/mol. The van der Waals surface area contributed by atoms with Gasteiger partial charge in [0.2, 0.25) is 0 Å². The fraction of sp³-hybridized carbons (Fsp3) is 0.308. The Balaban J connectivity index is 2.19. The summed E-state index contributed by atoms with van der Waals surface area (Å²) in [6, 6.07) is 4.38. The molecule has 5 heteroatoms. The van der Waals surface area contributed by atoms with Crippen LogP contribution in [-0.4, -0.2) is 14.9 Å². The van der Waals surface area contributed by atoms with E-state index in [9.17, 15) is 9.50 Å². The van der Waals surface area contributed by atoms with Gasteiger partial charge in [-0.05, 0) is 24.6 Å². The number of benzene rings is 1. The van der Waals surface area contributed by atoms with Crippen LogP contribution in [0.4, 0.5) is 4.39 Å². The van der Waals surface area contributed by atoms with Crippen molar-refractivity contribution < 1.29 is 9.50 Å². The molecule has 2 aromatic rings. The van der Waals surface area contributed by atoms with Crippen LogP contribution >= 0.6 is 11.6 Å². The van der Waals surface area contributed by atoms with Crippen molar-refractivity contribution in [1.82, 2.24) is 9.78 Å². The number of aliphatic hydroxyl groups excluding tert-OH is 1. The first-order valence-electron chi connectivity index (χ1n) is 5.75. The normalized spacial score (nSPS) is 12.7. The predicted molar refractivity (Wildman–Crippen MR) is 68.0 cm³/mol. The number of aliphatic hydroxyl groups is 1. The van der Waals surface area contributed by atoms with Crippen LogP contribution in [0.1, 0.15) is 24.2 Å². The molecule has 0 bridgehead atoms. The SMILES string of the molecule is CCn1cc(CC(O)c2c(F)cccc2Cl)cn1. The zero-order valence-electron chi connectivity index (χ0n) is 9.98. The second kappa shape index (κ2) is 5.50. The second-order valence-corrected chi connectivity index (χ2v) is 4.47. The van der Waals surface area contributed by atoms with E-state index in [2.05, 4.69) is 5.10 Å². The van der Waals surface area contributed by atoms with Crippen LogP contribution in [0.5, 0.6) is 0 Å². The molecule has 3 nitrogen and oxygen atoms in total. The van der Waals surface area contributed by atoms with Gasteiger partial charge in [0.15, 0.2) is 0 Å². The quantitative estimate of drug-likeness (QED) is 0.926. The van der Waals surface area contributed by atoms with Gasteiger partial charge in [-0.2, -0.15) is 5.10 Å². The van der Waals surface area contributed by atoms with Gasteiger partial charge < -0.3 is 5.11 Å². The minimum Gasteiger partial charge on any atom is -0.388 e. The van der Waals surface area contributed by atoms with Crippen molar-refractivity contribution in [3.05, 3.63) is 52.6 Å². The van der Waals surface area contributed by atoms with Gasteiger partial charge >= 0.3 is 0 Å². The number of halogens is 2. The third kappa shape index (κ3) is 2.71. The lowest BCUT2D eigenvalue weighted by Crippen LogP contribution is -2.05. The Morgan fingerprint density at radius 1 is 1.50 bits per heavy atom. The van der Waals surface area contributed by atoms with E-state index in [1.807, 2.05) is 13.1 Å². The maximum Gasteiger partial charge on any atom is 0.130 e. The highest BCUT2D eigenvalue weighted by molar-refractivity contribution is 6.31. The third-order valence-electron chi connectivity index (χ3n) is 2.77. The van der Waals surface area contributed by atoms with Crippen LogP contribution in [0, 0.1) is 5.82 Å². The van der Waals surface area contributed by atoms with Gasteiger partial charge in [-0.15, -0.1) is 0 Å². The van der Waals surface area contributed by atoms with Crippen molar-refractivity contribution in [1.29, 1.82) is 0 Å². The molecule has 1 aromatic carbocycles. The molecule has 1 unspecified atom stereocenters. The van der Waals surface area contributed by atoms with Gasteiger partial charge in [0.1, 0.15) is 5.82 Å². The average molecular weight is 269 g/mol. The Hall–Kier alpha value is -1.39. The monoisotopic (exact) mass is 268 g/mol. The third-order valence-corrected chi connectivity index (χ3v) is 3.10. The summed E-state index contributed by atoms with van der Waals surface area (Å²) < 4.78 is 15.4.